The van der Waals surface area contributed by atoms with E-state index in [0.717, 1.165) is 19.9 Å². The Morgan fingerprint density at radius 3 is 2.11 bits per heavy atom. The number of hydrogen-bond donors (Lipinski definition) is 1. The average Bonchev–Trinajstić information content (AvgIpc) is 2.98. The summed E-state index contributed by atoms with van der Waals surface area (Å²) in [6, 6.07) is 27.7. The van der Waals surface area contributed by atoms with Gasteiger partial charge in [-0.15, -0.1) is 0 Å². The molecule has 0 saturated heterocycles. The Kier molecular flexibility index (Phi) is 11.5. The van der Waals surface area contributed by atoms with Crippen molar-refractivity contribution in [2.24, 2.45) is 0 Å². The van der Waals surface area contributed by atoms with Gasteiger partial charge in [-0.1, -0.05) is 87.7 Å². The van der Waals surface area contributed by atoms with E-state index in [9.17, 15) is 18.0 Å². The molecule has 0 fully saturated rings. The summed E-state index contributed by atoms with van der Waals surface area (Å²) in [7, 11) is -4.26. The van der Waals surface area contributed by atoms with Crippen LogP contribution in [0.15, 0.2) is 112 Å². The predicted molar refractivity (Wildman–Crippen MR) is 179 cm³/mol. The fourth-order valence-corrected chi connectivity index (χ4v) is 6.82. The molecule has 0 aliphatic heterocycles. The fourth-order valence-electron chi connectivity index (χ4n) is 4.66. The lowest BCUT2D eigenvalue weighted by Gasteiger charge is -2.34. The smallest absolute Gasteiger partial charge is 0.264 e. The first kappa shape index (κ1) is 33.5. The third-order valence-electron chi connectivity index (χ3n) is 6.72. The third-order valence-corrected chi connectivity index (χ3v) is 9.49. The van der Waals surface area contributed by atoms with Crippen LogP contribution in [-0.4, -0.2) is 43.8 Å². The Morgan fingerprint density at radius 1 is 0.818 bits per heavy atom. The van der Waals surface area contributed by atoms with Crippen molar-refractivity contribution in [1.82, 2.24) is 10.2 Å². The topological polar surface area (TPSA) is 86.8 Å². The van der Waals surface area contributed by atoms with Crippen molar-refractivity contribution in [3.8, 4) is 0 Å². The SMILES string of the molecule is CC(C)NC(=O)C(Cc1ccccc1)N(Cc1cccc(Br)c1)C(=O)CN(c1cccc(Cl)c1)S(=O)(=O)c1ccc(Cl)cc1. The van der Waals surface area contributed by atoms with Crippen LogP contribution in [0.1, 0.15) is 25.0 Å². The third kappa shape index (κ3) is 8.85. The maximum atomic E-state index is 14.4. The number of carbonyl (C=O) groups is 2. The lowest BCUT2D eigenvalue weighted by Crippen LogP contribution is -2.54. The van der Waals surface area contributed by atoms with Gasteiger partial charge in [0.2, 0.25) is 11.8 Å². The molecule has 0 aliphatic carbocycles. The van der Waals surface area contributed by atoms with E-state index in [4.69, 9.17) is 23.2 Å². The van der Waals surface area contributed by atoms with Crippen LogP contribution >= 0.6 is 39.1 Å². The van der Waals surface area contributed by atoms with Crippen LogP contribution in [0.25, 0.3) is 0 Å². The Labute approximate surface area is 277 Å². The highest BCUT2D eigenvalue weighted by molar-refractivity contribution is 9.10. The van der Waals surface area contributed by atoms with E-state index < -0.39 is 28.5 Å². The quantitative estimate of drug-likeness (QED) is 0.169. The monoisotopic (exact) mass is 715 g/mol. The minimum Gasteiger partial charge on any atom is -0.352 e. The highest BCUT2D eigenvalue weighted by atomic mass is 79.9. The number of halogens is 3. The Bertz CT molecular complexity index is 1700. The Hall–Kier alpha value is -3.37. The summed E-state index contributed by atoms with van der Waals surface area (Å²) >= 11 is 15.8. The highest BCUT2D eigenvalue weighted by Crippen LogP contribution is 2.28. The summed E-state index contributed by atoms with van der Waals surface area (Å²) in [5, 5.41) is 3.62. The molecule has 1 unspecified atom stereocenters. The molecule has 11 heteroatoms. The zero-order valence-electron chi connectivity index (χ0n) is 24.2. The molecule has 0 saturated carbocycles. The molecule has 0 aliphatic rings. The largest absolute Gasteiger partial charge is 0.352 e. The molecule has 1 atom stereocenters. The molecule has 0 bridgehead atoms. The number of sulfonamides is 1. The normalized spacial score (nSPS) is 12.0. The van der Waals surface area contributed by atoms with E-state index >= 15 is 0 Å². The zero-order chi connectivity index (χ0) is 31.9. The number of anilines is 1. The number of benzene rings is 4. The number of carbonyl (C=O) groups excluding carboxylic acids is 2. The van der Waals surface area contributed by atoms with E-state index in [-0.39, 0.29) is 35.5 Å². The van der Waals surface area contributed by atoms with Crippen molar-refractivity contribution in [1.29, 1.82) is 0 Å². The van der Waals surface area contributed by atoms with Gasteiger partial charge in [0.05, 0.1) is 10.6 Å². The maximum absolute atomic E-state index is 14.4. The van der Waals surface area contributed by atoms with Gasteiger partial charge in [-0.3, -0.25) is 13.9 Å². The number of hydrogen-bond acceptors (Lipinski definition) is 4. The van der Waals surface area contributed by atoms with E-state index in [1.54, 1.807) is 18.2 Å². The molecule has 2 amide bonds. The molecule has 0 radical (unpaired) electrons. The van der Waals surface area contributed by atoms with Crippen molar-refractivity contribution in [2.75, 3.05) is 10.8 Å². The van der Waals surface area contributed by atoms with Crippen LogP contribution in [0.5, 0.6) is 0 Å². The number of rotatable bonds is 12. The highest BCUT2D eigenvalue weighted by Gasteiger charge is 2.35. The van der Waals surface area contributed by atoms with Crippen LogP contribution in [0.2, 0.25) is 10.0 Å². The molecule has 44 heavy (non-hydrogen) atoms. The van der Waals surface area contributed by atoms with Gasteiger partial charge >= 0.3 is 0 Å². The van der Waals surface area contributed by atoms with Crippen LogP contribution in [0.4, 0.5) is 5.69 Å². The predicted octanol–water partition coefficient (Wildman–Crippen LogP) is 7.12. The summed E-state index contributed by atoms with van der Waals surface area (Å²) in [5.41, 5.74) is 1.82. The second-order valence-corrected chi connectivity index (χ2v) is 14.1. The molecule has 0 spiro atoms. The first-order chi connectivity index (χ1) is 20.9. The number of nitrogens with one attached hydrogen (secondary N) is 1. The lowest BCUT2D eigenvalue weighted by molar-refractivity contribution is -0.140. The minimum absolute atomic E-state index is 0.0494. The van der Waals surface area contributed by atoms with Crippen molar-refractivity contribution in [2.45, 2.75) is 43.8 Å². The first-order valence-electron chi connectivity index (χ1n) is 13.9. The van der Waals surface area contributed by atoms with E-state index in [2.05, 4.69) is 21.2 Å². The summed E-state index contributed by atoms with van der Waals surface area (Å²) in [6.45, 7) is 3.17. The zero-order valence-corrected chi connectivity index (χ0v) is 28.1. The molecule has 4 aromatic carbocycles. The average molecular weight is 718 g/mol. The molecule has 4 rings (SSSR count). The summed E-state index contributed by atoms with van der Waals surface area (Å²) in [5.74, 6) is -0.913. The van der Waals surface area contributed by atoms with Crippen molar-refractivity contribution in [3.63, 3.8) is 0 Å². The van der Waals surface area contributed by atoms with Gasteiger partial charge in [0.25, 0.3) is 10.0 Å². The van der Waals surface area contributed by atoms with Crippen molar-refractivity contribution in [3.05, 3.63) is 129 Å². The minimum atomic E-state index is -4.26. The standard InChI is InChI=1S/C33H32BrCl2N3O4S/c1-23(2)37-33(41)31(19-24-8-4-3-5-9-24)38(21-25-10-6-11-26(34)18-25)32(40)22-39(29-13-7-12-28(36)20-29)44(42,43)30-16-14-27(35)15-17-30/h3-18,20,23,31H,19,21-22H2,1-2H3,(H,37,41). The lowest BCUT2D eigenvalue weighted by atomic mass is 10.0. The van der Waals surface area contributed by atoms with Gasteiger partial charge in [0, 0.05) is 33.5 Å². The second kappa shape index (κ2) is 15.1. The summed E-state index contributed by atoms with van der Waals surface area (Å²) < 4.78 is 29.9. The Balaban J connectivity index is 1.81. The van der Waals surface area contributed by atoms with Gasteiger partial charge in [-0.2, -0.15) is 0 Å². The Morgan fingerprint density at radius 2 is 1.48 bits per heavy atom. The molecule has 0 aromatic heterocycles. The van der Waals surface area contributed by atoms with E-state index in [1.165, 1.54) is 35.2 Å². The van der Waals surface area contributed by atoms with Gasteiger partial charge in [0.15, 0.2) is 0 Å². The second-order valence-electron chi connectivity index (χ2n) is 10.5. The fraction of sp³-hybridized carbons (Fsp3) is 0.212. The van der Waals surface area contributed by atoms with Gasteiger partial charge in [0.1, 0.15) is 12.6 Å². The van der Waals surface area contributed by atoms with Crippen molar-refractivity contribution < 1.29 is 18.0 Å². The summed E-state index contributed by atoms with van der Waals surface area (Å²) in [6.07, 6.45) is 0.222. The maximum Gasteiger partial charge on any atom is 0.264 e. The van der Waals surface area contributed by atoms with Crippen LogP contribution in [-0.2, 0) is 32.6 Å². The number of amides is 2. The van der Waals surface area contributed by atoms with Gasteiger partial charge in [-0.25, -0.2) is 8.42 Å². The van der Waals surface area contributed by atoms with Crippen LogP contribution in [0, 0.1) is 0 Å². The van der Waals surface area contributed by atoms with Crippen molar-refractivity contribution >= 4 is 66.7 Å². The summed E-state index contributed by atoms with van der Waals surface area (Å²) in [4.78, 5) is 29.6. The van der Waals surface area contributed by atoms with Gasteiger partial charge in [-0.05, 0) is 79.6 Å². The molecule has 4 aromatic rings. The van der Waals surface area contributed by atoms with E-state index in [0.29, 0.717) is 10.0 Å². The van der Waals surface area contributed by atoms with E-state index in [1.807, 2.05) is 68.4 Å². The first-order valence-corrected chi connectivity index (χ1v) is 16.8. The van der Waals surface area contributed by atoms with Crippen LogP contribution in [0.3, 0.4) is 0 Å². The molecular formula is C33H32BrCl2N3O4S. The number of nitrogens with zero attached hydrogens (tertiary/aromatic N) is 2. The molecule has 1 N–H and O–H groups in total. The molecular weight excluding hydrogens is 685 g/mol. The van der Waals surface area contributed by atoms with Gasteiger partial charge < -0.3 is 10.2 Å². The molecule has 7 nitrogen and oxygen atoms in total. The van der Waals surface area contributed by atoms with Crippen LogP contribution < -0.4 is 9.62 Å². The molecule has 230 valence electrons. The molecule has 0 heterocycles.